The maximum absolute atomic E-state index is 12.0. The Bertz CT molecular complexity index is 352. The van der Waals surface area contributed by atoms with Crippen LogP contribution in [0.2, 0.25) is 0 Å². The summed E-state index contributed by atoms with van der Waals surface area (Å²) in [5.41, 5.74) is -0.394. The predicted octanol–water partition coefficient (Wildman–Crippen LogP) is 3.41. The second-order valence-corrected chi connectivity index (χ2v) is 7.80. The van der Waals surface area contributed by atoms with Crippen LogP contribution < -0.4 is 5.32 Å². The number of nitrogens with zero attached hydrogens (tertiary/aromatic N) is 1. The van der Waals surface area contributed by atoms with Crippen LogP contribution in [0.5, 0.6) is 0 Å². The molecule has 0 aromatic heterocycles. The molecule has 1 N–H and O–H groups in total. The van der Waals surface area contributed by atoms with Crippen LogP contribution in [0, 0.1) is 11.8 Å². The molecule has 3 unspecified atom stereocenters. The fourth-order valence-electron chi connectivity index (χ4n) is 3.36. The smallest absolute Gasteiger partial charge is 0.410 e. The minimum absolute atomic E-state index is 0.149. The number of carbonyl (C=O) groups excluding carboxylic acids is 1. The fourth-order valence-corrected chi connectivity index (χ4v) is 3.36. The van der Waals surface area contributed by atoms with Crippen LogP contribution in [0.15, 0.2) is 0 Å². The van der Waals surface area contributed by atoms with E-state index in [1.807, 2.05) is 25.7 Å². The van der Waals surface area contributed by atoms with Gasteiger partial charge in [-0.05, 0) is 46.0 Å². The Labute approximate surface area is 129 Å². The van der Waals surface area contributed by atoms with Crippen LogP contribution in [0.25, 0.3) is 0 Å². The third kappa shape index (κ3) is 4.60. The van der Waals surface area contributed by atoms with Crippen LogP contribution in [0.3, 0.4) is 0 Å². The summed E-state index contributed by atoms with van der Waals surface area (Å²) >= 11 is 0. The molecule has 1 aliphatic heterocycles. The molecule has 3 atom stereocenters. The average molecular weight is 296 g/mol. The monoisotopic (exact) mass is 296 g/mol. The number of ether oxygens (including phenoxy) is 1. The number of piperidine rings is 1. The summed E-state index contributed by atoms with van der Waals surface area (Å²) in [5.74, 6) is 1.29. The van der Waals surface area contributed by atoms with Gasteiger partial charge < -0.3 is 15.0 Å². The Morgan fingerprint density at radius 2 is 1.90 bits per heavy atom. The van der Waals surface area contributed by atoms with Gasteiger partial charge >= 0.3 is 6.09 Å². The van der Waals surface area contributed by atoms with Crippen molar-refractivity contribution in [1.82, 2.24) is 10.2 Å². The molecule has 4 heteroatoms. The molecule has 1 aliphatic carbocycles. The lowest BCUT2D eigenvalue weighted by atomic mass is 10.1. The second kappa shape index (κ2) is 6.55. The topological polar surface area (TPSA) is 41.6 Å². The van der Waals surface area contributed by atoms with Crippen molar-refractivity contribution < 1.29 is 9.53 Å². The van der Waals surface area contributed by atoms with Gasteiger partial charge in [-0.25, -0.2) is 4.79 Å². The Morgan fingerprint density at radius 3 is 2.43 bits per heavy atom. The van der Waals surface area contributed by atoms with E-state index < -0.39 is 5.60 Å². The van der Waals surface area contributed by atoms with Crippen molar-refractivity contribution >= 4 is 6.09 Å². The summed E-state index contributed by atoms with van der Waals surface area (Å²) in [7, 11) is 0. The average Bonchev–Trinajstić information content (AvgIpc) is 2.83. The summed E-state index contributed by atoms with van der Waals surface area (Å²) in [6.45, 7) is 12.0. The Balaban J connectivity index is 1.66. The molecule has 21 heavy (non-hydrogen) atoms. The first-order valence-corrected chi connectivity index (χ1v) is 8.55. The molecule has 0 spiro atoms. The number of fused-ring (bicyclic) bond motifs is 1. The first kappa shape index (κ1) is 16.6. The van der Waals surface area contributed by atoms with E-state index in [1.54, 1.807) is 0 Å². The van der Waals surface area contributed by atoms with Crippen molar-refractivity contribution in [2.45, 2.75) is 78.0 Å². The van der Waals surface area contributed by atoms with Gasteiger partial charge in [-0.2, -0.15) is 0 Å². The minimum atomic E-state index is -0.394. The first-order valence-electron chi connectivity index (χ1n) is 8.55. The molecule has 122 valence electrons. The molecule has 2 aliphatic rings. The molecule has 1 saturated heterocycles. The quantitative estimate of drug-likeness (QED) is 0.764. The molecular formula is C17H32N2O2. The van der Waals surface area contributed by atoms with E-state index in [9.17, 15) is 4.79 Å². The van der Waals surface area contributed by atoms with E-state index in [1.165, 1.54) is 25.7 Å². The van der Waals surface area contributed by atoms with Gasteiger partial charge in [0.1, 0.15) is 5.60 Å². The normalized spacial score (nSPS) is 29.2. The molecule has 0 aromatic carbocycles. The van der Waals surface area contributed by atoms with Gasteiger partial charge in [0.25, 0.3) is 0 Å². The molecule has 4 nitrogen and oxygen atoms in total. The first-order chi connectivity index (χ1) is 9.81. The van der Waals surface area contributed by atoms with Gasteiger partial charge in [0.15, 0.2) is 0 Å². The van der Waals surface area contributed by atoms with Crippen molar-refractivity contribution in [1.29, 1.82) is 0 Å². The van der Waals surface area contributed by atoms with Crippen LogP contribution in [0.1, 0.15) is 60.3 Å². The lowest BCUT2D eigenvalue weighted by Gasteiger charge is -2.26. The molecule has 2 fully saturated rings. The minimum Gasteiger partial charge on any atom is -0.444 e. The Hall–Kier alpha value is -0.770. The van der Waals surface area contributed by atoms with Gasteiger partial charge in [0.2, 0.25) is 0 Å². The maximum Gasteiger partial charge on any atom is 0.410 e. The molecular weight excluding hydrogens is 264 g/mol. The number of unbranched alkanes of at least 4 members (excludes halogenated alkanes) is 2. The fraction of sp³-hybridized carbons (Fsp3) is 0.941. The summed E-state index contributed by atoms with van der Waals surface area (Å²) in [5, 5.41) is 3.74. The zero-order valence-electron chi connectivity index (χ0n) is 14.3. The summed E-state index contributed by atoms with van der Waals surface area (Å²) in [4.78, 5) is 13.9. The van der Waals surface area contributed by atoms with Gasteiger partial charge in [-0.3, -0.25) is 0 Å². The van der Waals surface area contributed by atoms with E-state index in [-0.39, 0.29) is 6.09 Å². The molecule has 1 saturated carbocycles. The number of carbonyl (C=O) groups is 1. The van der Waals surface area contributed by atoms with Gasteiger partial charge in [-0.1, -0.05) is 26.2 Å². The van der Waals surface area contributed by atoms with Crippen molar-refractivity contribution in [3.8, 4) is 0 Å². The summed E-state index contributed by atoms with van der Waals surface area (Å²) in [6.07, 6.45) is 5.04. The molecule has 0 aromatic rings. The standard InChI is InChI=1S/C17H32N2O2/c1-6-7-8-9-12(2)18-15-13-10-19(11-14(13)15)16(20)21-17(3,4)5/h12-15,18H,6-11H2,1-5H3. The summed E-state index contributed by atoms with van der Waals surface area (Å²) < 4.78 is 5.44. The zero-order chi connectivity index (χ0) is 15.6. The highest BCUT2D eigenvalue weighted by molar-refractivity contribution is 5.69. The number of rotatable bonds is 6. The number of nitrogens with one attached hydrogen (secondary N) is 1. The predicted molar refractivity (Wildman–Crippen MR) is 85.3 cm³/mol. The third-order valence-corrected chi connectivity index (χ3v) is 4.56. The Kier molecular flexibility index (Phi) is 5.18. The van der Waals surface area contributed by atoms with Crippen molar-refractivity contribution in [3.63, 3.8) is 0 Å². The zero-order valence-corrected chi connectivity index (χ0v) is 14.3. The molecule has 2 rings (SSSR count). The van der Waals surface area contributed by atoms with Gasteiger partial charge in [-0.15, -0.1) is 0 Å². The lowest BCUT2D eigenvalue weighted by molar-refractivity contribution is 0.0268. The molecule has 1 amide bonds. The van der Waals surface area contributed by atoms with Crippen molar-refractivity contribution in [2.24, 2.45) is 11.8 Å². The van der Waals surface area contributed by atoms with Crippen molar-refractivity contribution in [3.05, 3.63) is 0 Å². The third-order valence-electron chi connectivity index (χ3n) is 4.56. The molecule has 0 bridgehead atoms. The highest BCUT2D eigenvalue weighted by Gasteiger charge is 2.57. The molecule has 0 radical (unpaired) electrons. The lowest BCUT2D eigenvalue weighted by Crippen LogP contribution is -2.40. The maximum atomic E-state index is 12.0. The van der Waals surface area contributed by atoms with Crippen molar-refractivity contribution in [2.75, 3.05) is 13.1 Å². The van der Waals surface area contributed by atoms with E-state index in [2.05, 4.69) is 19.2 Å². The SMILES string of the molecule is CCCCCC(C)NC1C2CN(C(=O)OC(C)(C)C)CC21. The highest BCUT2D eigenvalue weighted by atomic mass is 16.6. The molecule has 1 heterocycles. The second-order valence-electron chi connectivity index (χ2n) is 7.80. The summed E-state index contributed by atoms with van der Waals surface area (Å²) in [6, 6.07) is 1.22. The number of hydrogen-bond donors (Lipinski definition) is 1. The largest absolute Gasteiger partial charge is 0.444 e. The van der Waals surface area contributed by atoms with Crippen LogP contribution in [0.4, 0.5) is 4.79 Å². The van der Waals surface area contributed by atoms with E-state index >= 15 is 0 Å². The number of amides is 1. The highest BCUT2D eigenvalue weighted by Crippen LogP contribution is 2.46. The van der Waals surface area contributed by atoms with E-state index in [0.29, 0.717) is 23.9 Å². The Morgan fingerprint density at radius 1 is 1.29 bits per heavy atom. The van der Waals surface area contributed by atoms with Crippen LogP contribution >= 0.6 is 0 Å². The van der Waals surface area contributed by atoms with E-state index in [0.717, 1.165) is 13.1 Å². The van der Waals surface area contributed by atoms with Gasteiger partial charge in [0.05, 0.1) is 0 Å². The number of likely N-dealkylation sites (tertiary alicyclic amines) is 1. The van der Waals surface area contributed by atoms with Crippen LogP contribution in [-0.4, -0.2) is 41.8 Å². The number of hydrogen-bond acceptors (Lipinski definition) is 3. The van der Waals surface area contributed by atoms with Crippen LogP contribution in [-0.2, 0) is 4.74 Å². The van der Waals surface area contributed by atoms with Gasteiger partial charge in [0, 0.05) is 25.2 Å². The van der Waals surface area contributed by atoms with E-state index in [4.69, 9.17) is 4.74 Å².